The first kappa shape index (κ1) is 37.5. The van der Waals surface area contributed by atoms with E-state index in [0.717, 1.165) is 57.1 Å². The highest BCUT2D eigenvalue weighted by atomic mass is 16.5. The van der Waals surface area contributed by atoms with Gasteiger partial charge < -0.3 is 19.3 Å². The van der Waals surface area contributed by atoms with E-state index in [1.165, 1.54) is 77.2 Å². The van der Waals surface area contributed by atoms with Crippen molar-refractivity contribution in [2.75, 3.05) is 9.80 Å². The van der Waals surface area contributed by atoms with Crippen LogP contribution in [0.5, 0.6) is 23.0 Å². The molecule has 10 aromatic rings. The van der Waals surface area contributed by atoms with E-state index >= 15 is 0 Å². The van der Waals surface area contributed by atoms with Crippen LogP contribution in [-0.2, 0) is 5.41 Å². The van der Waals surface area contributed by atoms with Gasteiger partial charge in [-0.3, -0.25) is 0 Å². The van der Waals surface area contributed by atoms with E-state index in [-0.39, 0.29) is 5.41 Å². The second kappa shape index (κ2) is 14.0. The van der Waals surface area contributed by atoms with Crippen LogP contribution in [0.25, 0.3) is 54.9 Å². The number of para-hydroxylation sites is 8. The smallest absolute Gasteiger partial charge is 0.151 e. The zero-order chi connectivity index (χ0) is 43.6. The molecule has 0 amide bonds. The van der Waals surface area contributed by atoms with Gasteiger partial charge in [-0.1, -0.05) is 140 Å². The predicted octanol–water partition coefficient (Wildman–Crippen LogP) is 17.4. The molecule has 10 aromatic carbocycles. The molecule has 0 saturated carbocycles. The summed E-state index contributed by atoms with van der Waals surface area (Å²) in [6, 6.07) is 70.6. The van der Waals surface area contributed by atoms with Crippen molar-refractivity contribution in [2.45, 2.75) is 33.1 Å². The monoisotopic (exact) mass is 836 g/mol. The lowest BCUT2D eigenvalue weighted by Crippen LogP contribution is -2.16. The fourth-order valence-electron chi connectivity index (χ4n) is 11.0. The number of ether oxygens (including phenoxy) is 2. The van der Waals surface area contributed by atoms with E-state index in [4.69, 9.17) is 9.47 Å². The van der Waals surface area contributed by atoms with Crippen LogP contribution in [0.15, 0.2) is 194 Å². The van der Waals surface area contributed by atoms with Gasteiger partial charge in [-0.25, -0.2) is 0 Å². The van der Waals surface area contributed by atoms with Gasteiger partial charge in [0.15, 0.2) is 23.0 Å². The molecule has 3 aliphatic rings. The Balaban J connectivity index is 1.14. The minimum atomic E-state index is -0.163. The average molecular weight is 837 g/mol. The third kappa shape index (κ3) is 5.63. The molecule has 2 heterocycles. The zero-order valence-corrected chi connectivity index (χ0v) is 36.7. The lowest BCUT2D eigenvalue weighted by Gasteiger charge is -2.33. The number of rotatable bonds is 4. The second-order valence-electron chi connectivity index (χ2n) is 18.3. The Bertz CT molecular complexity index is 3530. The van der Waals surface area contributed by atoms with Crippen LogP contribution < -0.4 is 19.3 Å². The van der Waals surface area contributed by atoms with Gasteiger partial charge >= 0.3 is 0 Å². The summed E-state index contributed by atoms with van der Waals surface area (Å²) in [6.07, 6.45) is 0. The highest BCUT2D eigenvalue weighted by Crippen LogP contribution is 2.56. The normalized spacial score (nSPS) is 13.8. The first-order valence-corrected chi connectivity index (χ1v) is 22.5. The maximum atomic E-state index is 6.51. The van der Waals surface area contributed by atoms with E-state index in [0.29, 0.717) is 0 Å². The first-order valence-electron chi connectivity index (χ1n) is 22.5. The molecule has 0 unspecified atom stereocenters. The fourth-order valence-corrected chi connectivity index (χ4v) is 11.0. The Labute approximate surface area is 379 Å². The minimum absolute atomic E-state index is 0.163. The van der Waals surface area contributed by atoms with Crippen LogP contribution in [-0.4, -0.2) is 0 Å². The number of aryl methyl sites for hydroxylation is 2. The topological polar surface area (TPSA) is 24.9 Å². The Morgan fingerprint density at radius 3 is 1.29 bits per heavy atom. The molecule has 0 radical (unpaired) electrons. The molecule has 4 nitrogen and oxygen atoms in total. The maximum absolute atomic E-state index is 6.51. The lowest BCUT2D eigenvalue weighted by atomic mass is 9.80. The number of nitrogens with zero attached hydrogens (tertiary/aromatic N) is 2. The summed E-state index contributed by atoms with van der Waals surface area (Å²) < 4.78 is 13.0. The van der Waals surface area contributed by atoms with E-state index in [1.807, 2.05) is 24.3 Å². The van der Waals surface area contributed by atoms with Gasteiger partial charge in [0.2, 0.25) is 0 Å². The van der Waals surface area contributed by atoms with Crippen molar-refractivity contribution >= 4 is 55.7 Å². The van der Waals surface area contributed by atoms with Crippen molar-refractivity contribution in [3.05, 3.63) is 216 Å². The molecule has 0 spiro atoms. The molecule has 0 saturated heterocycles. The van der Waals surface area contributed by atoms with Crippen LogP contribution in [0.3, 0.4) is 0 Å². The van der Waals surface area contributed by atoms with Gasteiger partial charge in [0, 0.05) is 16.8 Å². The van der Waals surface area contributed by atoms with Crippen LogP contribution >= 0.6 is 0 Å². The predicted molar refractivity (Wildman–Crippen MR) is 269 cm³/mol. The zero-order valence-electron chi connectivity index (χ0n) is 36.7. The molecule has 13 rings (SSSR count). The summed E-state index contributed by atoms with van der Waals surface area (Å²) in [5.41, 5.74) is 18.6. The molecule has 0 bridgehead atoms. The molecule has 65 heavy (non-hydrogen) atoms. The molecule has 310 valence electrons. The van der Waals surface area contributed by atoms with Crippen LogP contribution in [0.1, 0.15) is 36.1 Å². The highest BCUT2D eigenvalue weighted by molar-refractivity contribution is 6.23. The van der Waals surface area contributed by atoms with Gasteiger partial charge in [-0.15, -0.1) is 0 Å². The number of anilines is 6. The minimum Gasteiger partial charge on any atom is -0.453 e. The van der Waals surface area contributed by atoms with E-state index in [1.54, 1.807) is 0 Å². The van der Waals surface area contributed by atoms with E-state index in [9.17, 15) is 0 Å². The summed E-state index contributed by atoms with van der Waals surface area (Å²) in [5, 5.41) is 4.76. The lowest BCUT2D eigenvalue weighted by molar-refractivity contribution is 0.477. The van der Waals surface area contributed by atoms with Crippen LogP contribution in [0, 0.1) is 13.8 Å². The maximum Gasteiger partial charge on any atom is 0.151 e. The van der Waals surface area contributed by atoms with Crippen molar-refractivity contribution in [2.24, 2.45) is 0 Å². The van der Waals surface area contributed by atoms with Crippen molar-refractivity contribution < 1.29 is 9.47 Å². The molecule has 0 aromatic heterocycles. The number of hydrogen-bond acceptors (Lipinski definition) is 4. The quantitative estimate of drug-likeness (QED) is 0.165. The summed E-state index contributed by atoms with van der Waals surface area (Å²) >= 11 is 0. The van der Waals surface area contributed by atoms with E-state index in [2.05, 4.69) is 207 Å². The fraction of sp³-hybridized carbons (Fsp3) is 0.0820. The molecule has 1 aliphatic carbocycles. The summed E-state index contributed by atoms with van der Waals surface area (Å²) in [5.74, 6) is 3.33. The molecular weight excluding hydrogens is 793 g/mol. The molecule has 0 fully saturated rings. The number of benzene rings is 10. The molecular formula is C61H44N2O2. The highest BCUT2D eigenvalue weighted by Gasteiger charge is 2.36. The Morgan fingerprint density at radius 1 is 0.354 bits per heavy atom. The molecule has 4 heteroatoms. The summed E-state index contributed by atoms with van der Waals surface area (Å²) in [7, 11) is 0. The Kier molecular flexibility index (Phi) is 8.05. The summed E-state index contributed by atoms with van der Waals surface area (Å²) in [6.45, 7) is 9.16. The average Bonchev–Trinajstić information content (AvgIpc) is 3.56. The summed E-state index contributed by atoms with van der Waals surface area (Å²) in [4.78, 5) is 4.71. The molecule has 2 aliphatic heterocycles. The first-order chi connectivity index (χ1) is 31.8. The van der Waals surface area contributed by atoms with Gasteiger partial charge in [0.1, 0.15) is 0 Å². The standard InChI is InChI=1S/C61H44N2O2/c1-37-31-38(2)33-40(32-37)60-46-30-27-41(62-51-17-7-11-21-55(51)64-56-22-12-8-18-52(56)62)35-47(46)59(39-25-28-44-43-15-5-6-16-49(43)61(3,4)50(44)34-39)45-29-26-42(36-48(45)60)63-53-19-9-13-23-57(53)65-58-24-14-10-20-54(58)63/h5-36H,1-4H3. The van der Waals surface area contributed by atoms with Gasteiger partial charge in [0.05, 0.1) is 22.7 Å². The van der Waals surface area contributed by atoms with E-state index < -0.39 is 0 Å². The van der Waals surface area contributed by atoms with Crippen LogP contribution in [0.4, 0.5) is 34.1 Å². The van der Waals surface area contributed by atoms with Crippen molar-refractivity contribution in [3.8, 4) is 56.4 Å². The molecule has 0 atom stereocenters. The molecule has 0 N–H and O–H groups in total. The Morgan fingerprint density at radius 2 is 0.785 bits per heavy atom. The Hall–Kier alpha value is -8.08. The number of fused-ring (bicyclic) bond motifs is 9. The van der Waals surface area contributed by atoms with Gasteiger partial charge in [0.25, 0.3) is 0 Å². The van der Waals surface area contributed by atoms with Crippen molar-refractivity contribution in [1.82, 2.24) is 0 Å². The second-order valence-corrected chi connectivity index (χ2v) is 18.3. The van der Waals surface area contributed by atoms with Crippen molar-refractivity contribution in [1.29, 1.82) is 0 Å². The third-order valence-electron chi connectivity index (χ3n) is 13.8. The third-order valence-corrected chi connectivity index (χ3v) is 13.8. The van der Waals surface area contributed by atoms with Crippen LogP contribution in [0.2, 0.25) is 0 Å². The number of hydrogen-bond donors (Lipinski definition) is 0. The van der Waals surface area contributed by atoms with Crippen molar-refractivity contribution in [3.63, 3.8) is 0 Å². The van der Waals surface area contributed by atoms with Gasteiger partial charge in [-0.05, 0) is 159 Å². The largest absolute Gasteiger partial charge is 0.453 e. The van der Waals surface area contributed by atoms with Gasteiger partial charge in [-0.2, -0.15) is 0 Å². The SMILES string of the molecule is Cc1cc(C)cc(-c2c3ccc(N4c5ccccc5Oc5ccccc54)cc3c(-c3ccc4c(c3)C(C)(C)c3ccccc3-4)c3ccc(N4c5ccccc5Oc5ccccc54)cc23)c1.